The second-order valence-corrected chi connectivity index (χ2v) is 18.1. The summed E-state index contributed by atoms with van der Waals surface area (Å²) >= 11 is 14.5. The van der Waals surface area contributed by atoms with E-state index in [-0.39, 0.29) is 44.9 Å². The summed E-state index contributed by atoms with van der Waals surface area (Å²) in [5.74, 6) is -1.92. The highest BCUT2D eigenvalue weighted by Gasteiger charge is 2.54. The SMILES string of the molecule is N[C@@H](c1cnc(NC(=O)C2(c3ccc4c(c3)OC(F)(F)O4)CC2)s1)c1ccc(F)cc1Cl.N[C@@H](c1cnc(NC(=O)C2(c3ccc4c(c3)OC(F)(F)O4)CC2)s1)c1ccc(F)cc1Cl. The molecule has 0 saturated heterocycles. The molecule has 2 atom stereocenters. The number of fused-ring (bicyclic) bond motifs is 2. The summed E-state index contributed by atoms with van der Waals surface area (Å²) in [4.78, 5) is 35.7. The van der Waals surface area contributed by atoms with Crippen molar-refractivity contribution in [2.45, 2.75) is 61.2 Å². The normalized spacial score (nSPS) is 18.3. The molecule has 4 aliphatic rings. The minimum absolute atomic E-state index is 0.0760. The Kier molecular flexibility index (Phi) is 11.0. The van der Waals surface area contributed by atoms with Gasteiger partial charge in [0.1, 0.15) is 11.6 Å². The summed E-state index contributed by atoms with van der Waals surface area (Å²) in [6.45, 7) is 0. The van der Waals surface area contributed by atoms with Crippen molar-refractivity contribution in [3.63, 3.8) is 0 Å². The van der Waals surface area contributed by atoms with Crippen molar-refractivity contribution in [1.82, 2.24) is 9.97 Å². The highest BCUT2D eigenvalue weighted by atomic mass is 35.5. The molecule has 2 aliphatic carbocycles. The summed E-state index contributed by atoms with van der Waals surface area (Å²) in [6, 6.07) is 15.3. The number of hydrogen-bond donors (Lipinski definition) is 4. The van der Waals surface area contributed by atoms with Crippen LogP contribution >= 0.6 is 45.9 Å². The Bertz CT molecular complexity index is 2650. The van der Waals surface area contributed by atoms with Gasteiger partial charge in [-0.25, -0.2) is 18.7 Å². The van der Waals surface area contributed by atoms with Gasteiger partial charge in [0.2, 0.25) is 11.8 Å². The van der Waals surface area contributed by atoms with Crippen molar-refractivity contribution < 1.29 is 54.9 Å². The molecule has 4 heterocycles. The zero-order valence-electron chi connectivity index (χ0n) is 32.4. The summed E-state index contributed by atoms with van der Waals surface area (Å²) in [7, 11) is 0. The number of halogens is 8. The van der Waals surface area contributed by atoms with E-state index < -0.39 is 47.1 Å². The Labute approximate surface area is 376 Å². The molecule has 4 aromatic carbocycles. The van der Waals surface area contributed by atoms with Crippen LogP contribution < -0.4 is 41.0 Å². The van der Waals surface area contributed by atoms with Gasteiger partial charge in [0.15, 0.2) is 33.3 Å². The fourth-order valence-corrected chi connectivity index (χ4v) is 9.49. The quantitative estimate of drug-likeness (QED) is 0.0969. The van der Waals surface area contributed by atoms with Crippen molar-refractivity contribution in [3.05, 3.63) is 139 Å². The number of hydrogen-bond acceptors (Lipinski definition) is 12. The van der Waals surface area contributed by atoms with Crippen LogP contribution in [0, 0.1) is 11.6 Å². The highest BCUT2D eigenvalue weighted by Crippen LogP contribution is 2.54. The van der Waals surface area contributed by atoms with Crippen molar-refractivity contribution in [2.75, 3.05) is 10.6 Å². The molecule has 0 unspecified atom stereocenters. The number of nitrogens with two attached hydrogens (primary N) is 2. The number of alkyl halides is 4. The van der Waals surface area contributed by atoms with E-state index in [9.17, 15) is 35.9 Å². The van der Waals surface area contributed by atoms with Gasteiger partial charge in [-0.05, 0) is 96.5 Å². The third kappa shape index (κ3) is 8.52. The standard InChI is InChI=1S/2C21H15ClF3N3O3S/c2*22-13-8-11(23)2-3-12(13)17(26)16-9-27-19(32-16)28-18(29)20(5-6-20)10-1-4-14-15(7-10)31-21(24,25)30-14/h2*1-4,7-9,17H,5-6,26H2,(H,27,28,29)/t2*17-/m11/s1. The number of ether oxygens (including phenoxy) is 4. The molecule has 2 saturated carbocycles. The van der Waals surface area contributed by atoms with E-state index in [1.54, 1.807) is 12.1 Å². The van der Waals surface area contributed by atoms with Crippen LogP contribution in [0.15, 0.2) is 85.2 Å². The number of carbonyl (C=O) groups is 2. The molecule has 6 N–H and O–H groups in total. The third-order valence-corrected chi connectivity index (χ3v) is 13.6. The topological polar surface area (TPSA) is 173 Å². The minimum Gasteiger partial charge on any atom is -0.395 e. The number of thiazole rings is 2. The molecule has 0 radical (unpaired) electrons. The Morgan fingerprint density at radius 1 is 0.594 bits per heavy atom. The summed E-state index contributed by atoms with van der Waals surface area (Å²) in [5.41, 5.74) is 12.9. The average Bonchev–Trinajstić information content (AvgIpc) is 4.03. The van der Waals surface area contributed by atoms with Gasteiger partial charge < -0.3 is 41.0 Å². The maximum absolute atomic E-state index is 13.3. The Morgan fingerprint density at radius 2 is 0.969 bits per heavy atom. The fourth-order valence-electron chi connectivity index (χ4n) is 7.26. The van der Waals surface area contributed by atoms with Gasteiger partial charge in [-0.1, -0.05) is 70.1 Å². The number of carbonyl (C=O) groups excluding carboxylic acids is 2. The molecule has 22 heteroatoms. The molecule has 10 rings (SSSR count). The maximum atomic E-state index is 13.3. The lowest BCUT2D eigenvalue weighted by atomic mass is 9.94. The van der Waals surface area contributed by atoms with Gasteiger partial charge in [-0.3, -0.25) is 9.59 Å². The Balaban J connectivity index is 0.000000162. The van der Waals surface area contributed by atoms with Crippen molar-refractivity contribution in [3.8, 4) is 23.0 Å². The molecule has 64 heavy (non-hydrogen) atoms. The van der Waals surface area contributed by atoms with Crippen molar-refractivity contribution in [1.29, 1.82) is 0 Å². The predicted molar refractivity (Wildman–Crippen MR) is 223 cm³/mol. The zero-order chi connectivity index (χ0) is 45.3. The number of rotatable bonds is 10. The first-order chi connectivity index (χ1) is 30.3. The lowest BCUT2D eigenvalue weighted by Crippen LogP contribution is -2.27. The fraction of sp³-hybridized carbons (Fsp3) is 0.238. The van der Waals surface area contributed by atoms with Gasteiger partial charge in [-0.2, -0.15) is 0 Å². The van der Waals surface area contributed by atoms with Crippen molar-refractivity contribution >= 4 is 68.0 Å². The van der Waals surface area contributed by atoms with Crippen LogP contribution in [0.2, 0.25) is 10.0 Å². The first kappa shape index (κ1) is 43.6. The number of nitrogens with one attached hydrogen (secondary N) is 2. The van der Waals surface area contributed by atoms with Gasteiger partial charge in [-0.15, -0.1) is 17.6 Å². The Morgan fingerprint density at radius 3 is 1.33 bits per heavy atom. The molecular formula is C42H30Cl2F6N6O6S2. The second-order valence-electron chi connectivity index (χ2n) is 15.2. The van der Waals surface area contributed by atoms with Crippen LogP contribution in [0.3, 0.4) is 0 Å². The van der Waals surface area contributed by atoms with E-state index >= 15 is 0 Å². The zero-order valence-corrected chi connectivity index (χ0v) is 35.5. The molecule has 2 amide bonds. The lowest BCUT2D eigenvalue weighted by molar-refractivity contribution is -0.287. The first-order valence-corrected chi connectivity index (χ1v) is 21.5. The number of aromatic nitrogens is 2. The molecule has 12 nitrogen and oxygen atoms in total. The van der Waals surface area contributed by atoms with Crippen molar-refractivity contribution in [2.24, 2.45) is 11.5 Å². The van der Waals surface area contributed by atoms with Crippen LogP contribution in [-0.4, -0.2) is 34.4 Å². The van der Waals surface area contributed by atoms with Crippen LogP contribution in [0.4, 0.5) is 36.6 Å². The maximum Gasteiger partial charge on any atom is 0.586 e. The smallest absolute Gasteiger partial charge is 0.395 e. The van der Waals surface area contributed by atoms with Gasteiger partial charge >= 0.3 is 12.6 Å². The van der Waals surface area contributed by atoms with Crippen LogP contribution in [-0.2, 0) is 20.4 Å². The molecule has 2 aliphatic heterocycles. The molecule has 2 fully saturated rings. The summed E-state index contributed by atoms with van der Waals surface area (Å²) < 4.78 is 97.6. The minimum atomic E-state index is -3.72. The molecule has 0 spiro atoms. The number of nitrogens with zero attached hydrogens (tertiary/aromatic N) is 2. The van der Waals surface area contributed by atoms with E-state index in [0.29, 0.717) is 68.0 Å². The second kappa shape index (κ2) is 16.1. The van der Waals surface area contributed by atoms with E-state index in [2.05, 4.69) is 39.5 Å². The highest BCUT2D eigenvalue weighted by molar-refractivity contribution is 7.16. The van der Waals surface area contributed by atoms with Gasteiger partial charge in [0.05, 0.1) is 22.9 Å². The van der Waals surface area contributed by atoms with E-state index in [1.165, 1.54) is 95.7 Å². The summed E-state index contributed by atoms with van der Waals surface area (Å²) in [5, 5.41) is 6.61. The predicted octanol–water partition coefficient (Wildman–Crippen LogP) is 9.95. The lowest BCUT2D eigenvalue weighted by Gasteiger charge is -2.15. The first-order valence-electron chi connectivity index (χ1n) is 19.1. The largest absolute Gasteiger partial charge is 0.586 e. The summed E-state index contributed by atoms with van der Waals surface area (Å²) in [6.07, 6.45) is -2.18. The molecule has 0 bridgehead atoms. The number of anilines is 2. The molecule has 332 valence electrons. The monoisotopic (exact) mass is 962 g/mol. The van der Waals surface area contributed by atoms with Crippen LogP contribution in [0.25, 0.3) is 0 Å². The number of benzene rings is 4. The van der Waals surface area contributed by atoms with E-state index in [0.717, 1.165) is 0 Å². The van der Waals surface area contributed by atoms with Gasteiger partial charge in [0, 0.05) is 32.2 Å². The van der Waals surface area contributed by atoms with E-state index in [1.807, 2.05) is 0 Å². The van der Waals surface area contributed by atoms with E-state index in [4.69, 9.17) is 34.7 Å². The number of amides is 2. The third-order valence-electron chi connectivity index (χ3n) is 11.0. The van der Waals surface area contributed by atoms with Crippen LogP contribution in [0.1, 0.15) is 69.8 Å². The Hall–Kier alpha value is -5.64. The average molecular weight is 964 g/mol. The molecular weight excluding hydrogens is 934 g/mol. The molecule has 6 aromatic rings. The molecule has 2 aromatic heterocycles. The van der Waals surface area contributed by atoms with Crippen LogP contribution in [0.5, 0.6) is 23.0 Å². The van der Waals surface area contributed by atoms with Gasteiger partial charge in [0.25, 0.3) is 0 Å².